The van der Waals surface area contributed by atoms with Crippen molar-refractivity contribution in [2.24, 2.45) is 5.73 Å². The van der Waals surface area contributed by atoms with Gasteiger partial charge in [-0.05, 0) is 40.0 Å². The van der Waals surface area contributed by atoms with Gasteiger partial charge in [-0.3, -0.25) is 14.9 Å². The van der Waals surface area contributed by atoms with Crippen molar-refractivity contribution in [2.75, 3.05) is 19.6 Å². The van der Waals surface area contributed by atoms with Crippen LogP contribution in [0.15, 0.2) is 0 Å². The van der Waals surface area contributed by atoms with Gasteiger partial charge in [0.25, 0.3) is 0 Å². The molecule has 0 aromatic rings. The van der Waals surface area contributed by atoms with Gasteiger partial charge in [0.05, 0.1) is 6.04 Å². The molecule has 0 aliphatic carbocycles. The van der Waals surface area contributed by atoms with Crippen LogP contribution in [0.25, 0.3) is 0 Å². The number of nitrogens with two attached hydrogens (primary N) is 1. The Balaban J connectivity index is 4.05. The molecule has 0 fully saturated rings. The summed E-state index contributed by atoms with van der Waals surface area (Å²) in [5.74, 6) is -0.743. The summed E-state index contributed by atoms with van der Waals surface area (Å²) in [6, 6.07) is -0.469. The summed E-state index contributed by atoms with van der Waals surface area (Å²) < 4.78 is 5.12. The van der Waals surface area contributed by atoms with Gasteiger partial charge >= 0.3 is 6.09 Å². The third-order valence-electron chi connectivity index (χ3n) is 2.74. The number of hydrogen-bond acceptors (Lipinski definition) is 6. The van der Waals surface area contributed by atoms with Gasteiger partial charge in [-0.25, -0.2) is 4.79 Å². The second-order valence-electron chi connectivity index (χ2n) is 6.27. The Morgan fingerprint density at radius 2 is 1.78 bits per heavy atom. The molecule has 0 aliphatic rings. The van der Waals surface area contributed by atoms with Gasteiger partial charge in [-0.15, -0.1) is 0 Å². The maximum Gasteiger partial charge on any atom is 0.407 e. The van der Waals surface area contributed by atoms with E-state index in [0.717, 1.165) is 0 Å². The van der Waals surface area contributed by atoms with E-state index in [1.807, 2.05) is 0 Å². The number of ether oxygens (including phenoxy) is 1. The molecule has 3 amide bonds. The molecule has 0 rings (SSSR count). The standard InChI is InChI=1S/C15H30N4O4/c1-11(20)19-13(21)12(17-10-8-16)7-5-6-9-18-14(22)23-15(2,3)4/h12,17H,5-10,16H2,1-4H3,(H,18,22)(H,19,20,21)/t12-/m0/s1. The third-order valence-corrected chi connectivity index (χ3v) is 2.74. The lowest BCUT2D eigenvalue weighted by Gasteiger charge is -2.20. The fraction of sp³-hybridized carbons (Fsp3) is 0.800. The van der Waals surface area contributed by atoms with E-state index in [-0.39, 0.29) is 11.8 Å². The summed E-state index contributed by atoms with van der Waals surface area (Å²) in [5, 5.41) is 7.93. The van der Waals surface area contributed by atoms with Crippen molar-refractivity contribution < 1.29 is 19.1 Å². The summed E-state index contributed by atoms with van der Waals surface area (Å²) in [6.07, 6.45) is 1.51. The summed E-state index contributed by atoms with van der Waals surface area (Å²) in [6.45, 7) is 8.06. The van der Waals surface area contributed by atoms with Gasteiger partial charge in [0.1, 0.15) is 5.60 Å². The number of amides is 3. The topological polar surface area (TPSA) is 123 Å². The van der Waals surface area contributed by atoms with Crippen molar-refractivity contribution in [3.8, 4) is 0 Å². The van der Waals surface area contributed by atoms with Crippen LogP contribution in [-0.2, 0) is 14.3 Å². The lowest BCUT2D eigenvalue weighted by Crippen LogP contribution is -2.47. The largest absolute Gasteiger partial charge is 0.444 e. The summed E-state index contributed by atoms with van der Waals surface area (Å²) in [7, 11) is 0. The first-order chi connectivity index (χ1) is 10.7. The van der Waals surface area contributed by atoms with Crippen LogP contribution in [-0.4, -0.2) is 49.2 Å². The molecule has 23 heavy (non-hydrogen) atoms. The van der Waals surface area contributed by atoms with Crippen LogP contribution in [0.4, 0.5) is 4.79 Å². The van der Waals surface area contributed by atoms with Crippen molar-refractivity contribution in [3.63, 3.8) is 0 Å². The average molecular weight is 330 g/mol. The van der Waals surface area contributed by atoms with E-state index in [9.17, 15) is 14.4 Å². The highest BCUT2D eigenvalue weighted by Gasteiger charge is 2.18. The molecular formula is C15H30N4O4. The van der Waals surface area contributed by atoms with Crippen LogP contribution < -0.4 is 21.7 Å². The predicted molar refractivity (Wildman–Crippen MR) is 87.8 cm³/mol. The van der Waals surface area contributed by atoms with Gasteiger partial charge < -0.3 is 21.1 Å². The molecule has 8 nitrogen and oxygen atoms in total. The summed E-state index contributed by atoms with van der Waals surface area (Å²) in [5.41, 5.74) is 4.89. The number of nitrogens with one attached hydrogen (secondary N) is 3. The maximum atomic E-state index is 11.9. The van der Waals surface area contributed by atoms with Crippen LogP contribution in [0.1, 0.15) is 47.0 Å². The van der Waals surface area contributed by atoms with E-state index in [1.165, 1.54) is 6.92 Å². The van der Waals surface area contributed by atoms with E-state index in [1.54, 1.807) is 20.8 Å². The lowest BCUT2D eigenvalue weighted by molar-refractivity contribution is -0.130. The second kappa shape index (κ2) is 11.0. The van der Waals surface area contributed by atoms with Gasteiger partial charge in [0, 0.05) is 26.6 Å². The molecule has 134 valence electrons. The van der Waals surface area contributed by atoms with Crippen LogP contribution in [0, 0.1) is 0 Å². The van der Waals surface area contributed by atoms with Crippen molar-refractivity contribution in [1.82, 2.24) is 16.0 Å². The molecule has 0 saturated heterocycles. The zero-order valence-electron chi connectivity index (χ0n) is 14.5. The SMILES string of the molecule is CC(=O)NC(=O)[C@H](CCCCNC(=O)OC(C)(C)C)NCCN. The molecule has 0 spiro atoms. The Labute approximate surface area is 137 Å². The Morgan fingerprint density at radius 1 is 1.13 bits per heavy atom. The first-order valence-electron chi connectivity index (χ1n) is 7.87. The second-order valence-corrected chi connectivity index (χ2v) is 6.27. The highest BCUT2D eigenvalue weighted by Crippen LogP contribution is 2.06. The molecule has 5 N–H and O–H groups in total. The number of carbonyl (C=O) groups excluding carboxylic acids is 3. The van der Waals surface area contributed by atoms with Gasteiger partial charge in [0.2, 0.25) is 11.8 Å². The maximum absolute atomic E-state index is 11.9. The van der Waals surface area contributed by atoms with Crippen molar-refractivity contribution >= 4 is 17.9 Å². The lowest BCUT2D eigenvalue weighted by atomic mass is 10.1. The number of imide groups is 1. The quantitative estimate of drug-likeness (QED) is 0.450. The molecule has 0 aromatic heterocycles. The minimum absolute atomic E-state index is 0.356. The predicted octanol–water partition coefficient (Wildman–Crippen LogP) is 0.261. The van der Waals surface area contributed by atoms with E-state index in [2.05, 4.69) is 16.0 Å². The zero-order chi connectivity index (χ0) is 17.9. The van der Waals surface area contributed by atoms with E-state index in [0.29, 0.717) is 38.9 Å². The molecule has 0 aliphatic heterocycles. The fourth-order valence-electron chi connectivity index (χ4n) is 1.82. The van der Waals surface area contributed by atoms with E-state index >= 15 is 0 Å². The number of carbonyl (C=O) groups is 3. The molecule has 0 aromatic carbocycles. The van der Waals surface area contributed by atoms with Gasteiger partial charge in [0.15, 0.2) is 0 Å². The molecule has 0 unspecified atom stereocenters. The average Bonchev–Trinajstić information content (AvgIpc) is 2.38. The third kappa shape index (κ3) is 12.5. The Hall–Kier alpha value is -1.67. The zero-order valence-corrected chi connectivity index (χ0v) is 14.5. The van der Waals surface area contributed by atoms with Crippen LogP contribution in [0.3, 0.4) is 0 Å². The molecule has 0 saturated carbocycles. The summed E-state index contributed by atoms with van der Waals surface area (Å²) in [4.78, 5) is 34.3. The highest BCUT2D eigenvalue weighted by molar-refractivity contribution is 5.96. The van der Waals surface area contributed by atoms with Crippen molar-refractivity contribution in [1.29, 1.82) is 0 Å². The minimum atomic E-state index is -0.522. The number of alkyl carbamates (subject to hydrolysis) is 1. The Bertz CT molecular complexity index is 393. The number of unbranched alkanes of at least 4 members (excludes halogenated alkanes) is 1. The molecule has 0 radical (unpaired) electrons. The van der Waals surface area contributed by atoms with Crippen molar-refractivity contribution in [2.45, 2.75) is 58.6 Å². The van der Waals surface area contributed by atoms with Crippen molar-refractivity contribution in [3.05, 3.63) is 0 Å². The molecule has 0 bridgehead atoms. The minimum Gasteiger partial charge on any atom is -0.444 e. The molecule has 1 atom stereocenters. The first kappa shape index (κ1) is 21.3. The molecule has 8 heteroatoms. The highest BCUT2D eigenvalue weighted by atomic mass is 16.6. The summed E-state index contributed by atoms with van der Waals surface area (Å²) >= 11 is 0. The van der Waals surface area contributed by atoms with E-state index < -0.39 is 17.7 Å². The molecule has 0 heterocycles. The number of rotatable bonds is 9. The fourth-order valence-corrected chi connectivity index (χ4v) is 1.82. The number of hydrogen-bond donors (Lipinski definition) is 4. The Morgan fingerprint density at radius 3 is 2.30 bits per heavy atom. The van der Waals surface area contributed by atoms with Crippen LogP contribution in [0.2, 0.25) is 0 Å². The van der Waals surface area contributed by atoms with Crippen LogP contribution >= 0.6 is 0 Å². The smallest absolute Gasteiger partial charge is 0.407 e. The van der Waals surface area contributed by atoms with Gasteiger partial charge in [-0.2, -0.15) is 0 Å². The normalized spacial score (nSPS) is 12.4. The van der Waals surface area contributed by atoms with Gasteiger partial charge in [-0.1, -0.05) is 0 Å². The monoisotopic (exact) mass is 330 g/mol. The van der Waals surface area contributed by atoms with E-state index in [4.69, 9.17) is 10.5 Å². The van der Waals surface area contributed by atoms with Crippen LogP contribution in [0.5, 0.6) is 0 Å². The first-order valence-corrected chi connectivity index (χ1v) is 7.87. The molecular weight excluding hydrogens is 300 g/mol. The Kier molecular flexibility index (Phi) is 10.2.